The monoisotopic (exact) mass is 309 g/mol. The zero-order valence-corrected chi connectivity index (χ0v) is 13.3. The number of hydrogen-bond acceptors (Lipinski definition) is 5. The van der Waals surface area contributed by atoms with E-state index in [9.17, 15) is 0 Å². The maximum Gasteiger partial charge on any atom is 0.136 e. The van der Waals surface area contributed by atoms with E-state index >= 15 is 0 Å². The van der Waals surface area contributed by atoms with Gasteiger partial charge in [-0.15, -0.1) is 0 Å². The number of morpholine rings is 1. The third-order valence-corrected chi connectivity index (χ3v) is 4.46. The molecule has 0 aliphatic carbocycles. The number of rotatable bonds is 3. The Morgan fingerprint density at radius 3 is 2.57 bits per heavy atom. The molecule has 115 valence electrons. The van der Waals surface area contributed by atoms with Crippen LogP contribution in [0.2, 0.25) is 5.15 Å². The summed E-state index contributed by atoms with van der Waals surface area (Å²) in [5, 5.41) is 0.581. The van der Waals surface area contributed by atoms with Crippen molar-refractivity contribution < 1.29 is 4.74 Å². The normalized spacial score (nSPS) is 21.7. The summed E-state index contributed by atoms with van der Waals surface area (Å²) in [6.07, 6.45) is 0. The summed E-state index contributed by atoms with van der Waals surface area (Å²) in [4.78, 5) is 11.5. The minimum Gasteiger partial charge on any atom is -0.378 e. The van der Waals surface area contributed by atoms with Gasteiger partial charge in [0.2, 0.25) is 0 Å². The first-order valence-corrected chi connectivity index (χ1v) is 7.91. The fraction of sp³-hybridized carbons (Fsp3) is 0.667. The van der Waals surface area contributed by atoms with E-state index in [0.29, 0.717) is 5.15 Å². The number of anilines is 1. The van der Waals surface area contributed by atoms with Crippen molar-refractivity contribution >= 4 is 17.4 Å². The number of pyridine rings is 1. The van der Waals surface area contributed by atoms with Crippen molar-refractivity contribution in [3.8, 4) is 0 Å². The summed E-state index contributed by atoms with van der Waals surface area (Å²) in [7, 11) is 2.16. The van der Waals surface area contributed by atoms with Crippen molar-refractivity contribution in [2.45, 2.75) is 6.54 Å². The van der Waals surface area contributed by atoms with E-state index < -0.39 is 0 Å². The van der Waals surface area contributed by atoms with Gasteiger partial charge in [0, 0.05) is 51.4 Å². The molecule has 0 spiro atoms. The van der Waals surface area contributed by atoms with E-state index in [4.69, 9.17) is 16.3 Å². The molecule has 5 nitrogen and oxygen atoms in total. The van der Waals surface area contributed by atoms with Crippen LogP contribution in [-0.4, -0.2) is 74.3 Å². The smallest absolute Gasteiger partial charge is 0.136 e. The van der Waals surface area contributed by atoms with Gasteiger partial charge in [0.1, 0.15) is 11.0 Å². The van der Waals surface area contributed by atoms with E-state index in [1.807, 2.05) is 6.07 Å². The van der Waals surface area contributed by atoms with Gasteiger partial charge in [-0.1, -0.05) is 11.6 Å². The molecule has 0 aromatic carbocycles. The highest BCUT2D eigenvalue weighted by molar-refractivity contribution is 6.30. The van der Waals surface area contributed by atoms with Crippen LogP contribution in [0.15, 0.2) is 6.07 Å². The Balaban J connectivity index is 1.63. The molecule has 1 aromatic rings. The molecule has 0 N–H and O–H groups in total. The molecule has 1 radical (unpaired) electrons. The van der Waals surface area contributed by atoms with Gasteiger partial charge >= 0.3 is 0 Å². The molecule has 0 unspecified atom stereocenters. The van der Waals surface area contributed by atoms with Crippen molar-refractivity contribution in [2.75, 3.05) is 64.4 Å². The van der Waals surface area contributed by atoms with E-state index in [0.717, 1.165) is 70.4 Å². The van der Waals surface area contributed by atoms with Crippen LogP contribution in [0.5, 0.6) is 0 Å². The molecular formula is C15H22ClN4O. The van der Waals surface area contributed by atoms with Crippen LogP contribution in [0.4, 0.5) is 5.82 Å². The lowest BCUT2D eigenvalue weighted by atomic mass is 10.2. The van der Waals surface area contributed by atoms with Gasteiger partial charge in [0.15, 0.2) is 0 Å². The van der Waals surface area contributed by atoms with Gasteiger partial charge in [-0.05, 0) is 19.2 Å². The Kier molecular flexibility index (Phi) is 4.95. The number of aromatic nitrogens is 1. The highest BCUT2D eigenvalue weighted by Gasteiger charge is 2.17. The Bertz CT molecular complexity index is 471. The number of halogens is 1. The first-order chi connectivity index (χ1) is 10.2. The van der Waals surface area contributed by atoms with Crippen LogP contribution >= 0.6 is 11.6 Å². The molecule has 0 bridgehead atoms. The molecule has 3 heterocycles. The van der Waals surface area contributed by atoms with Gasteiger partial charge in [-0.25, -0.2) is 4.98 Å². The molecule has 0 atom stereocenters. The van der Waals surface area contributed by atoms with Crippen molar-refractivity contribution in [1.29, 1.82) is 0 Å². The first kappa shape index (κ1) is 15.0. The lowest BCUT2D eigenvalue weighted by molar-refractivity contribution is 0.122. The number of ether oxygens (including phenoxy) is 1. The predicted octanol–water partition coefficient (Wildman–Crippen LogP) is 1.12. The van der Waals surface area contributed by atoms with Crippen LogP contribution in [0.25, 0.3) is 0 Å². The van der Waals surface area contributed by atoms with Crippen molar-refractivity contribution in [3.63, 3.8) is 0 Å². The lowest BCUT2D eigenvalue weighted by Gasteiger charge is -2.32. The largest absolute Gasteiger partial charge is 0.378 e. The summed E-state index contributed by atoms with van der Waals surface area (Å²) in [6.45, 7) is 8.45. The van der Waals surface area contributed by atoms with Gasteiger partial charge in [0.25, 0.3) is 0 Å². The van der Waals surface area contributed by atoms with E-state index in [-0.39, 0.29) is 0 Å². The lowest BCUT2D eigenvalue weighted by Crippen LogP contribution is -2.44. The summed E-state index contributed by atoms with van der Waals surface area (Å²) in [6, 6.07) is 5.29. The molecule has 2 saturated heterocycles. The number of hydrogen-bond donors (Lipinski definition) is 0. The molecule has 3 rings (SSSR count). The second-order valence-electron chi connectivity index (χ2n) is 5.71. The van der Waals surface area contributed by atoms with E-state index in [1.54, 1.807) is 0 Å². The SMILES string of the molecule is CN1CCN(Cc2[c]cc(N3CCOCC3)nc2Cl)CC1. The number of nitrogens with zero attached hydrogens (tertiary/aromatic N) is 4. The molecule has 2 aliphatic heterocycles. The topological polar surface area (TPSA) is 31.8 Å². The highest BCUT2D eigenvalue weighted by Crippen LogP contribution is 2.21. The van der Waals surface area contributed by atoms with E-state index in [2.05, 4.69) is 32.8 Å². The number of likely N-dealkylation sites (N-methyl/N-ethyl adjacent to an activating group) is 1. The molecule has 21 heavy (non-hydrogen) atoms. The molecule has 1 aromatic heterocycles. The average Bonchev–Trinajstić information content (AvgIpc) is 2.52. The Labute approximate surface area is 131 Å². The average molecular weight is 310 g/mol. The third-order valence-electron chi connectivity index (χ3n) is 4.15. The van der Waals surface area contributed by atoms with Crippen molar-refractivity contribution in [2.24, 2.45) is 0 Å². The molecular weight excluding hydrogens is 288 g/mol. The first-order valence-electron chi connectivity index (χ1n) is 7.53. The van der Waals surface area contributed by atoms with Crippen molar-refractivity contribution in [3.05, 3.63) is 22.8 Å². The maximum absolute atomic E-state index is 6.36. The zero-order chi connectivity index (χ0) is 14.7. The minimum absolute atomic E-state index is 0.581. The quantitative estimate of drug-likeness (QED) is 0.781. The second kappa shape index (κ2) is 6.92. The molecule has 0 amide bonds. The molecule has 6 heteroatoms. The molecule has 2 fully saturated rings. The van der Waals surface area contributed by atoms with E-state index in [1.165, 1.54) is 0 Å². The zero-order valence-electron chi connectivity index (χ0n) is 12.5. The van der Waals surface area contributed by atoms with Crippen LogP contribution in [0.1, 0.15) is 5.56 Å². The van der Waals surface area contributed by atoms with Crippen LogP contribution < -0.4 is 4.90 Å². The standard InChI is InChI=1S/C15H22ClN4O/c1-18-4-6-19(7-5-18)12-13-2-3-14(17-15(13)16)20-8-10-21-11-9-20/h3H,4-12H2,1H3. The fourth-order valence-electron chi connectivity index (χ4n) is 2.71. The second-order valence-corrected chi connectivity index (χ2v) is 6.06. The summed E-state index contributed by atoms with van der Waals surface area (Å²) in [5.74, 6) is 0.908. The summed E-state index contributed by atoms with van der Waals surface area (Å²) >= 11 is 6.36. The Morgan fingerprint density at radius 1 is 1.19 bits per heavy atom. The predicted molar refractivity (Wildman–Crippen MR) is 83.9 cm³/mol. The summed E-state index contributed by atoms with van der Waals surface area (Å²) < 4.78 is 5.36. The van der Waals surface area contributed by atoms with Crippen molar-refractivity contribution in [1.82, 2.24) is 14.8 Å². The third kappa shape index (κ3) is 3.86. The van der Waals surface area contributed by atoms with Gasteiger partial charge in [0.05, 0.1) is 13.2 Å². The van der Waals surface area contributed by atoms with Crippen LogP contribution in [0.3, 0.4) is 0 Å². The molecule has 0 saturated carbocycles. The fourth-order valence-corrected chi connectivity index (χ4v) is 2.91. The maximum atomic E-state index is 6.36. The van der Waals surface area contributed by atoms with Crippen LogP contribution in [-0.2, 0) is 11.3 Å². The van der Waals surface area contributed by atoms with Gasteiger partial charge in [-0.2, -0.15) is 0 Å². The Morgan fingerprint density at radius 2 is 1.90 bits per heavy atom. The van der Waals surface area contributed by atoms with Gasteiger partial charge < -0.3 is 14.5 Å². The summed E-state index contributed by atoms with van der Waals surface area (Å²) in [5.41, 5.74) is 0.998. The minimum atomic E-state index is 0.581. The number of piperazine rings is 1. The highest BCUT2D eigenvalue weighted by atomic mass is 35.5. The molecule has 2 aliphatic rings. The van der Waals surface area contributed by atoms with Crippen LogP contribution in [0, 0.1) is 6.07 Å². The van der Waals surface area contributed by atoms with Gasteiger partial charge in [-0.3, -0.25) is 4.90 Å². The Hall–Kier alpha value is -0.880.